The standard InChI is InChI=1S/C14H20F3NO7S2/c1-9(19)25-13-5-10-2-11(6-13)4-12(3-10,7-13)8-24-27(22,23)18-26(20,21)14(15,16)17/h10-11,18H,2-8H2,1H3. The smallest absolute Gasteiger partial charge is 0.459 e. The van der Waals surface area contributed by atoms with Gasteiger partial charge >= 0.3 is 31.8 Å². The maximum atomic E-state index is 12.4. The number of esters is 1. The number of carbonyl (C=O) groups is 1. The van der Waals surface area contributed by atoms with Crippen LogP contribution in [-0.4, -0.2) is 40.5 Å². The van der Waals surface area contributed by atoms with Gasteiger partial charge in [0.25, 0.3) is 0 Å². The average molecular weight is 435 g/mol. The lowest BCUT2D eigenvalue weighted by Gasteiger charge is -2.60. The largest absolute Gasteiger partial charge is 0.512 e. The minimum atomic E-state index is -6.09. The summed E-state index contributed by atoms with van der Waals surface area (Å²) in [5, 5.41) is 0. The predicted octanol–water partition coefficient (Wildman–Crippen LogP) is 1.59. The monoisotopic (exact) mass is 435 g/mol. The molecular weight excluding hydrogens is 415 g/mol. The van der Waals surface area contributed by atoms with Crippen LogP contribution in [0, 0.1) is 17.3 Å². The van der Waals surface area contributed by atoms with Gasteiger partial charge in [0.1, 0.15) is 5.60 Å². The Bertz CT molecular complexity index is 823. The number of hydrogen-bond donors (Lipinski definition) is 1. The lowest BCUT2D eigenvalue weighted by Crippen LogP contribution is -2.58. The molecule has 0 aliphatic heterocycles. The van der Waals surface area contributed by atoms with Gasteiger partial charge in [0, 0.05) is 6.92 Å². The Morgan fingerprint density at radius 3 is 2.15 bits per heavy atom. The number of halogens is 3. The first-order chi connectivity index (χ1) is 12.2. The van der Waals surface area contributed by atoms with Crippen LogP contribution in [0.4, 0.5) is 13.2 Å². The highest BCUT2D eigenvalue weighted by molar-refractivity contribution is 8.03. The fourth-order valence-corrected chi connectivity index (χ4v) is 7.42. The van der Waals surface area contributed by atoms with E-state index < -0.39 is 49.4 Å². The molecular formula is C14H20F3NO7S2. The molecule has 0 aromatic carbocycles. The summed E-state index contributed by atoms with van der Waals surface area (Å²) in [6.07, 6.45) is 3.77. The van der Waals surface area contributed by atoms with Crippen LogP contribution < -0.4 is 4.13 Å². The third kappa shape index (κ3) is 4.25. The molecule has 4 aliphatic rings. The summed E-state index contributed by atoms with van der Waals surface area (Å²) < 4.78 is 93.3. The Morgan fingerprint density at radius 1 is 1.11 bits per heavy atom. The van der Waals surface area contributed by atoms with E-state index in [0.717, 1.165) is 6.42 Å². The minimum absolute atomic E-state index is 0.198. The van der Waals surface area contributed by atoms with Crippen LogP contribution in [0.25, 0.3) is 0 Å². The van der Waals surface area contributed by atoms with E-state index in [1.165, 1.54) is 6.92 Å². The molecule has 4 saturated carbocycles. The zero-order valence-corrected chi connectivity index (χ0v) is 16.0. The van der Waals surface area contributed by atoms with Crippen molar-refractivity contribution in [2.24, 2.45) is 17.3 Å². The van der Waals surface area contributed by atoms with Gasteiger partial charge in [-0.15, -0.1) is 0 Å². The van der Waals surface area contributed by atoms with Crippen molar-refractivity contribution in [2.75, 3.05) is 6.61 Å². The van der Waals surface area contributed by atoms with Crippen LogP contribution in [0.5, 0.6) is 0 Å². The van der Waals surface area contributed by atoms with Crippen molar-refractivity contribution in [1.82, 2.24) is 4.13 Å². The summed E-state index contributed by atoms with van der Waals surface area (Å²) in [5.41, 5.74) is -7.17. The number of hydrogen-bond acceptors (Lipinski definition) is 7. The highest BCUT2D eigenvalue weighted by Crippen LogP contribution is 2.62. The van der Waals surface area contributed by atoms with Crippen molar-refractivity contribution in [2.45, 2.75) is 56.6 Å². The van der Waals surface area contributed by atoms with Crippen molar-refractivity contribution < 1.29 is 43.7 Å². The Kier molecular flexibility index (Phi) is 4.85. The number of carbonyl (C=O) groups excluding carboxylic acids is 1. The fourth-order valence-electron chi connectivity index (χ4n) is 5.37. The highest BCUT2D eigenvalue weighted by atomic mass is 32.3. The zero-order valence-electron chi connectivity index (χ0n) is 14.4. The van der Waals surface area contributed by atoms with Gasteiger partial charge in [-0.25, -0.2) is 8.42 Å². The molecule has 4 rings (SSSR count). The lowest BCUT2D eigenvalue weighted by molar-refractivity contribution is -0.203. The molecule has 0 spiro atoms. The fraction of sp³-hybridized carbons (Fsp3) is 0.929. The van der Waals surface area contributed by atoms with E-state index in [-0.39, 0.29) is 11.8 Å². The van der Waals surface area contributed by atoms with Crippen LogP contribution in [0.1, 0.15) is 45.4 Å². The number of rotatable bonds is 6. The number of ether oxygens (including phenoxy) is 1. The van der Waals surface area contributed by atoms with Crippen LogP contribution in [-0.2, 0) is 34.0 Å². The van der Waals surface area contributed by atoms with Crippen molar-refractivity contribution in [3.8, 4) is 0 Å². The molecule has 0 heterocycles. The molecule has 13 heteroatoms. The molecule has 2 unspecified atom stereocenters. The number of sulfonamides is 1. The van der Waals surface area contributed by atoms with E-state index in [1.807, 2.05) is 0 Å². The summed E-state index contributed by atoms with van der Waals surface area (Å²) >= 11 is 0. The van der Waals surface area contributed by atoms with E-state index >= 15 is 0 Å². The Morgan fingerprint density at radius 2 is 1.67 bits per heavy atom. The Labute approximate surface area is 155 Å². The van der Waals surface area contributed by atoms with Gasteiger partial charge in [0.2, 0.25) is 0 Å². The first-order valence-corrected chi connectivity index (χ1v) is 11.2. The van der Waals surface area contributed by atoms with E-state index in [4.69, 9.17) is 4.74 Å². The molecule has 156 valence electrons. The summed E-state index contributed by atoms with van der Waals surface area (Å²) in [5.74, 6) is -0.0499. The topological polar surface area (TPSA) is 116 Å². The molecule has 27 heavy (non-hydrogen) atoms. The second-order valence-electron chi connectivity index (χ2n) is 7.99. The molecule has 0 radical (unpaired) electrons. The van der Waals surface area contributed by atoms with Gasteiger partial charge in [-0.1, -0.05) is 4.13 Å². The van der Waals surface area contributed by atoms with Gasteiger partial charge in [0.05, 0.1) is 6.61 Å². The van der Waals surface area contributed by atoms with E-state index in [9.17, 15) is 34.8 Å². The first-order valence-electron chi connectivity index (χ1n) is 8.34. The third-order valence-corrected chi connectivity index (χ3v) is 8.26. The third-order valence-electron chi connectivity index (χ3n) is 5.53. The normalized spacial score (nSPS) is 36.0. The van der Waals surface area contributed by atoms with Gasteiger partial charge in [-0.05, 0) is 55.8 Å². The summed E-state index contributed by atoms with van der Waals surface area (Å²) in [4.78, 5) is 11.5. The summed E-state index contributed by atoms with van der Waals surface area (Å²) in [6.45, 7) is 0.823. The predicted molar refractivity (Wildman–Crippen MR) is 84.6 cm³/mol. The summed E-state index contributed by atoms with van der Waals surface area (Å²) in [6, 6.07) is 0. The van der Waals surface area contributed by atoms with E-state index in [0.29, 0.717) is 36.2 Å². The van der Waals surface area contributed by atoms with Gasteiger partial charge in [0.15, 0.2) is 0 Å². The Hall–Kier alpha value is -0.920. The molecule has 2 atom stereocenters. The zero-order chi connectivity index (χ0) is 20.3. The van der Waals surface area contributed by atoms with E-state index in [1.54, 1.807) is 0 Å². The number of nitrogens with one attached hydrogen (secondary N) is 1. The summed E-state index contributed by atoms with van der Waals surface area (Å²) in [7, 11) is -11.3. The molecule has 8 nitrogen and oxygen atoms in total. The van der Waals surface area contributed by atoms with Crippen LogP contribution in [0.3, 0.4) is 0 Å². The second-order valence-corrected chi connectivity index (χ2v) is 11.3. The molecule has 4 aliphatic carbocycles. The van der Waals surface area contributed by atoms with Crippen molar-refractivity contribution in [1.29, 1.82) is 0 Å². The number of alkyl halides is 3. The van der Waals surface area contributed by atoms with Crippen molar-refractivity contribution >= 4 is 26.3 Å². The molecule has 0 aromatic rings. The maximum Gasteiger partial charge on any atom is 0.512 e. The highest BCUT2D eigenvalue weighted by Gasteiger charge is 2.60. The van der Waals surface area contributed by atoms with Crippen molar-refractivity contribution in [3.63, 3.8) is 0 Å². The Balaban J connectivity index is 1.73. The van der Waals surface area contributed by atoms with E-state index in [2.05, 4.69) is 4.18 Å². The van der Waals surface area contributed by atoms with Gasteiger partial charge in [-0.2, -0.15) is 21.6 Å². The molecule has 0 amide bonds. The van der Waals surface area contributed by atoms with Gasteiger partial charge < -0.3 is 4.74 Å². The first kappa shape index (κ1) is 20.8. The molecule has 1 N–H and O–H groups in total. The second kappa shape index (κ2) is 6.29. The quantitative estimate of drug-likeness (QED) is 0.630. The van der Waals surface area contributed by atoms with Crippen LogP contribution in [0.15, 0.2) is 0 Å². The molecule has 4 fully saturated rings. The average Bonchev–Trinajstić information content (AvgIpc) is 2.40. The molecule has 0 aromatic heterocycles. The van der Waals surface area contributed by atoms with Crippen LogP contribution in [0.2, 0.25) is 0 Å². The minimum Gasteiger partial charge on any atom is -0.459 e. The molecule has 4 bridgehead atoms. The molecule has 0 saturated heterocycles. The van der Waals surface area contributed by atoms with Crippen LogP contribution >= 0.6 is 0 Å². The lowest BCUT2D eigenvalue weighted by atomic mass is 9.48. The SMILES string of the molecule is CC(=O)OC12CC3CC(CC(COS(=O)(=O)NS(=O)(=O)C(F)(F)F)(C3)C1)C2. The maximum absolute atomic E-state index is 12.4. The van der Waals surface area contributed by atoms with Gasteiger partial charge in [-0.3, -0.25) is 8.98 Å². The van der Waals surface area contributed by atoms with Crippen molar-refractivity contribution in [3.05, 3.63) is 0 Å².